The normalized spacial score (nSPS) is 15.6. The van der Waals surface area contributed by atoms with E-state index in [0.29, 0.717) is 12.8 Å². The largest absolute Gasteiger partial charge is 0.497 e. The standard InChI is InChI=1S/C21H32N2O3/c1-17(16-23-14-6-7-15-23)22-21(25)9-5-3-4-8-20(24)18-10-12-19(26-2)13-11-18/h10-13,17H,3-9,14-16H2,1-2H3,(H,22,25). The fraction of sp³-hybridized carbons (Fsp3) is 0.619. The maximum atomic E-state index is 12.1. The Morgan fingerprint density at radius 3 is 2.38 bits per heavy atom. The average molecular weight is 360 g/mol. The van der Waals surface area contributed by atoms with Crippen LogP contribution in [-0.2, 0) is 4.79 Å². The molecule has 1 unspecified atom stereocenters. The van der Waals surface area contributed by atoms with Crippen molar-refractivity contribution in [3.8, 4) is 5.75 Å². The summed E-state index contributed by atoms with van der Waals surface area (Å²) in [5.74, 6) is 1.03. The van der Waals surface area contributed by atoms with Gasteiger partial charge in [-0.3, -0.25) is 9.59 Å². The van der Waals surface area contributed by atoms with Gasteiger partial charge in [0.05, 0.1) is 7.11 Å². The molecule has 1 aromatic rings. The van der Waals surface area contributed by atoms with Crippen LogP contribution in [0.4, 0.5) is 0 Å². The van der Waals surface area contributed by atoms with Crippen LogP contribution >= 0.6 is 0 Å². The van der Waals surface area contributed by atoms with Crippen molar-refractivity contribution in [1.82, 2.24) is 10.2 Å². The molecule has 1 aliphatic rings. The number of benzene rings is 1. The number of methoxy groups -OCH3 is 1. The van der Waals surface area contributed by atoms with Gasteiger partial charge in [0.25, 0.3) is 0 Å². The van der Waals surface area contributed by atoms with Crippen LogP contribution in [-0.4, -0.2) is 49.4 Å². The molecule has 26 heavy (non-hydrogen) atoms. The molecule has 1 aromatic carbocycles. The van der Waals surface area contributed by atoms with E-state index in [1.807, 2.05) is 0 Å². The summed E-state index contributed by atoms with van der Waals surface area (Å²) in [4.78, 5) is 26.5. The fourth-order valence-electron chi connectivity index (χ4n) is 3.41. The Kier molecular flexibility index (Phi) is 8.62. The number of Topliss-reactive ketones (excluding diaryl/α,β-unsaturated/α-hetero) is 1. The summed E-state index contributed by atoms with van der Waals surface area (Å²) >= 11 is 0. The van der Waals surface area contributed by atoms with E-state index in [4.69, 9.17) is 4.74 Å². The zero-order chi connectivity index (χ0) is 18.8. The smallest absolute Gasteiger partial charge is 0.220 e. The molecule has 2 rings (SSSR count). The fourth-order valence-corrected chi connectivity index (χ4v) is 3.41. The lowest BCUT2D eigenvalue weighted by atomic mass is 10.0. The highest BCUT2D eigenvalue weighted by molar-refractivity contribution is 5.96. The lowest BCUT2D eigenvalue weighted by Gasteiger charge is -2.21. The number of rotatable bonds is 11. The van der Waals surface area contributed by atoms with Crippen molar-refractivity contribution < 1.29 is 14.3 Å². The lowest BCUT2D eigenvalue weighted by molar-refractivity contribution is -0.121. The van der Waals surface area contributed by atoms with Gasteiger partial charge in [0.2, 0.25) is 5.91 Å². The summed E-state index contributed by atoms with van der Waals surface area (Å²) in [7, 11) is 1.61. The summed E-state index contributed by atoms with van der Waals surface area (Å²) < 4.78 is 5.10. The molecule has 0 spiro atoms. The van der Waals surface area contributed by atoms with E-state index in [2.05, 4.69) is 17.1 Å². The van der Waals surface area contributed by atoms with Crippen molar-refractivity contribution >= 4 is 11.7 Å². The Morgan fingerprint density at radius 2 is 1.73 bits per heavy atom. The number of ketones is 1. The van der Waals surface area contributed by atoms with Crippen molar-refractivity contribution in [2.45, 2.75) is 57.9 Å². The van der Waals surface area contributed by atoms with Gasteiger partial charge in [0.15, 0.2) is 5.78 Å². The summed E-state index contributed by atoms with van der Waals surface area (Å²) in [6.45, 7) is 5.33. The third-order valence-electron chi connectivity index (χ3n) is 4.86. The minimum atomic E-state index is 0.123. The molecule has 144 valence electrons. The molecule has 1 aliphatic heterocycles. The first-order valence-electron chi connectivity index (χ1n) is 9.77. The van der Waals surface area contributed by atoms with E-state index in [1.165, 1.54) is 12.8 Å². The Hall–Kier alpha value is -1.88. The van der Waals surface area contributed by atoms with Gasteiger partial charge >= 0.3 is 0 Å². The first kappa shape index (κ1) is 20.4. The molecule has 1 atom stereocenters. The average Bonchev–Trinajstić information content (AvgIpc) is 3.14. The molecule has 0 aromatic heterocycles. The SMILES string of the molecule is COc1ccc(C(=O)CCCCCC(=O)NC(C)CN2CCCC2)cc1. The Morgan fingerprint density at radius 1 is 1.08 bits per heavy atom. The van der Waals surface area contributed by atoms with Crippen LogP contribution in [0.1, 0.15) is 62.2 Å². The molecule has 5 nitrogen and oxygen atoms in total. The van der Waals surface area contributed by atoms with Gasteiger partial charge in [-0.1, -0.05) is 6.42 Å². The molecule has 0 saturated carbocycles. The van der Waals surface area contributed by atoms with E-state index in [-0.39, 0.29) is 17.7 Å². The monoisotopic (exact) mass is 360 g/mol. The second-order valence-corrected chi connectivity index (χ2v) is 7.19. The maximum Gasteiger partial charge on any atom is 0.220 e. The van der Waals surface area contributed by atoms with Gasteiger partial charge in [-0.25, -0.2) is 0 Å². The number of carbonyl (C=O) groups excluding carboxylic acids is 2. The maximum absolute atomic E-state index is 12.1. The second kappa shape index (κ2) is 11.0. The highest BCUT2D eigenvalue weighted by Crippen LogP contribution is 2.14. The molecule has 0 radical (unpaired) electrons. The van der Waals surface area contributed by atoms with E-state index in [1.54, 1.807) is 31.4 Å². The van der Waals surface area contributed by atoms with Gasteiger partial charge in [-0.2, -0.15) is 0 Å². The van der Waals surface area contributed by atoms with Gasteiger partial charge in [-0.05, 0) is 70.0 Å². The number of amides is 1. The number of nitrogens with one attached hydrogen (secondary N) is 1. The zero-order valence-corrected chi connectivity index (χ0v) is 16.1. The van der Waals surface area contributed by atoms with Crippen LogP contribution in [0, 0.1) is 0 Å². The third kappa shape index (κ3) is 7.16. The van der Waals surface area contributed by atoms with E-state index >= 15 is 0 Å². The molecular formula is C21H32N2O3. The number of unbranched alkanes of at least 4 members (excludes halogenated alkanes) is 2. The number of hydrogen-bond donors (Lipinski definition) is 1. The molecule has 1 saturated heterocycles. The molecule has 1 N–H and O–H groups in total. The van der Waals surface area contributed by atoms with Crippen molar-refractivity contribution in [3.05, 3.63) is 29.8 Å². The first-order valence-corrected chi connectivity index (χ1v) is 9.77. The Labute approximate surface area is 157 Å². The van der Waals surface area contributed by atoms with E-state index < -0.39 is 0 Å². The first-order chi connectivity index (χ1) is 12.6. The van der Waals surface area contributed by atoms with Crippen LogP contribution in [0.2, 0.25) is 0 Å². The van der Waals surface area contributed by atoms with Crippen LogP contribution < -0.4 is 10.1 Å². The minimum absolute atomic E-state index is 0.123. The molecular weight excluding hydrogens is 328 g/mol. The number of hydrogen-bond acceptors (Lipinski definition) is 4. The Balaban J connectivity index is 1.54. The third-order valence-corrected chi connectivity index (χ3v) is 4.86. The zero-order valence-electron chi connectivity index (χ0n) is 16.1. The number of carbonyl (C=O) groups is 2. The van der Waals surface area contributed by atoms with Crippen LogP contribution in [0.25, 0.3) is 0 Å². The highest BCUT2D eigenvalue weighted by Gasteiger charge is 2.15. The molecule has 1 amide bonds. The summed E-state index contributed by atoms with van der Waals surface area (Å²) in [5.41, 5.74) is 0.722. The number of likely N-dealkylation sites (tertiary alicyclic amines) is 1. The van der Waals surface area contributed by atoms with Gasteiger partial charge in [0.1, 0.15) is 5.75 Å². The van der Waals surface area contributed by atoms with Crippen molar-refractivity contribution in [2.75, 3.05) is 26.7 Å². The molecule has 0 aliphatic carbocycles. The predicted molar refractivity (Wildman–Crippen MR) is 104 cm³/mol. The van der Waals surface area contributed by atoms with E-state index in [0.717, 1.165) is 50.2 Å². The summed E-state index contributed by atoms with van der Waals surface area (Å²) in [5, 5.41) is 3.08. The van der Waals surface area contributed by atoms with E-state index in [9.17, 15) is 9.59 Å². The summed E-state index contributed by atoms with van der Waals surface area (Å²) in [6, 6.07) is 7.42. The van der Waals surface area contributed by atoms with Gasteiger partial charge in [-0.15, -0.1) is 0 Å². The predicted octanol–water partition coefficient (Wildman–Crippen LogP) is 3.43. The molecule has 1 heterocycles. The molecule has 0 bridgehead atoms. The van der Waals surface area contributed by atoms with Crippen LogP contribution in [0.3, 0.4) is 0 Å². The van der Waals surface area contributed by atoms with Gasteiger partial charge in [0, 0.05) is 31.0 Å². The van der Waals surface area contributed by atoms with Crippen molar-refractivity contribution in [1.29, 1.82) is 0 Å². The van der Waals surface area contributed by atoms with Crippen LogP contribution in [0.5, 0.6) is 5.75 Å². The van der Waals surface area contributed by atoms with Crippen LogP contribution in [0.15, 0.2) is 24.3 Å². The van der Waals surface area contributed by atoms with Gasteiger partial charge < -0.3 is 15.0 Å². The molecule has 1 fully saturated rings. The Bertz CT molecular complexity index is 565. The number of nitrogens with zero attached hydrogens (tertiary/aromatic N) is 1. The molecule has 5 heteroatoms. The van der Waals surface area contributed by atoms with Crippen molar-refractivity contribution in [3.63, 3.8) is 0 Å². The van der Waals surface area contributed by atoms with Crippen molar-refractivity contribution in [2.24, 2.45) is 0 Å². The number of ether oxygens (including phenoxy) is 1. The quantitative estimate of drug-likeness (QED) is 0.485. The highest BCUT2D eigenvalue weighted by atomic mass is 16.5. The summed E-state index contributed by atoms with van der Waals surface area (Å²) in [6.07, 6.45) is 6.17. The second-order valence-electron chi connectivity index (χ2n) is 7.19. The topological polar surface area (TPSA) is 58.6 Å². The minimum Gasteiger partial charge on any atom is -0.497 e. The lowest BCUT2D eigenvalue weighted by Crippen LogP contribution is -2.40.